The number of benzene rings is 1. The Morgan fingerprint density at radius 3 is 3.08 bits per heavy atom. The van der Waals surface area contributed by atoms with Gasteiger partial charge in [-0.15, -0.1) is 0 Å². The van der Waals surface area contributed by atoms with Gasteiger partial charge in [0.25, 0.3) is 0 Å². The monoisotopic (exact) mass is 330 g/mol. The molecule has 0 spiro atoms. The van der Waals surface area contributed by atoms with Gasteiger partial charge in [0.1, 0.15) is 36.3 Å². The summed E-state index contributed by atoms with van der Waals surface area (Å²) in [7, 11) is 0. The second kappa shape index (κ2) is 6.90. The summed E-state index contributed by atoms with van der Waals surface area (Å²) in [6.45, 7) is 6.72. The number of nitrogens with one attached hydrogen (secondary N) is 1. The number of hydrogen-bond acceptors (Lipinski definition) is 5. The van der Waals surface area contributed by atoms with Gasteiger partial charge in [0.05, 0.1) is 6.61 Å². The van der Waals surface area contributed by atoms with Crippen molar-refractivity contribution in [1.29, 1.82) is 0 Å². The molecule has 1 N–H and O–H groups in total. The zero-order chi connectivity index (χ0) is 17.1. The molecule has 1 aromatic carbocycles. The number of ether oxygens (including phenoxy) is 2. The highest BCUT2D eigenvalue weighted by molar-refractivity contribution is 5.79. The molecule has 0 bridgehead atoms. The fraction of sp³-hybridized carbons (Fsp3) is 0.471. The molecule has 1 aliphatic rings. The molecular weight excluding hydrogens is 308 g/mol. The van der Waals surface area contributed by atoms with Crippen LogP contribution in [0, 0.1) is 0 Å². The summed E-state index contributed by atoms with van der Waals surface area (Å²) in [6.07, 6.45) is 3.99. The number of aromatic nitrogens is 3. The van der Waals surface area contributed by atoms with Crippen molar-refractivity contribution in [2.75, 3.05) is 6.61 Å². The molecule has 2 atom stereocenters. The number of amides is 1. The van der Waals surface area contributed by atoms with Crippen molar-refractivity contribution in [1.82, 2.24) is 20.1 Å². The highest BCUT2D eigenvalue weighted by Gasteiger charge is 2.22. The molecule has 0 saturated carbocycles. The second-order valence-electron chi connectivity index (χ2n) is 5.90. The average Bonchev–Trinajstić information content (AvgIpc) is 3.20. The van der Waals surface area contributed by atoms with Gasteiger partial charge >= 0.3 is 0 Å². The molecule has 0 unspecified atom stereocenters. The molecule has 0 saturated heterocycles. The number of carbonyl (C=O) groups is 1. The SMILES string of the molecule is CCOc1cc2c(cc1CNC(=O)[C@H](C)n1cncn1)O[C@H](C)C2. The number of carbonyl (C=O) groups excluding carboxylic acids is 1. The summed E-state index contributed by atoms with van der Waals surface area (Å²) in [6, 6.07) is 3.56. The van der Waals surface area contributed by atoms with E-state index in [0.717, 1.165) is 29.0 Å². The summed E-state index contributed by atoms with van der Waals surface area (Å²) in [5.74, 6) is 1.54. The van der Waals surface area contributed by atoms with Crippen molar-refractivity contribution in [2.45, 2.75) is 45.9 Å². The van der Waals surface area contributed by atoms with Gasteiger partial charge in [-0.3, -0.25) is 4.79 Å². The van der Waals surface area contributed by atoms with Crippen molar-refractivity contribution in [3.05, 3.63) is 35.9 Å². The normalized spacial score (nSPS) is 17.0. The Bertz CT molecular complexity index is 715. The van der Waals surface area contributed by atoms with Gasteiger partial charge in [-0.2, -0.15) is 5.10 Å². The Hall–Kier alpha value is -2.57. The van der Waals surface area contributed by atoms with Gasteiger partial charge in [0.15, 0.2) is 0 Å². The van der Waals surface area contributed by atoms with Crippen molar-refractivity contribution in [3.63, 3.8) is 0 Å². The molecule has 7 nitrogen and oxygen atoms in total. The third-order valence-electron chi connectivity index (χ3n) is 4.04. The van der Waals surface area contributed by atoms with Crippen LogP contribution in [0.1, 0.15) is 37.9 Å². The van der Waals surface area contributed by atoms with Gasteiger partial charge < -0.3 is 14.8 Å². The fourth-order valence-corrected chi connectivity index (χ4v) is 2.78. The van der Waals surface area contributed by atoms with E-state index in [4.69, 9.17) is 9.47 Å². The van der Waals surface area contributed by atoms with E-state index in [1.165, 1.54) is 17.3 Å². The number of nitrogens with zero attached hydrogens (tertiary/aromatic N) is 3. The van der Waals surface area contributed by atoms with E-state index >= 15 is 0 Å². The van der Waals surface area contributed by atoms with Crippen LogP contribution in [0.25, 0.3) is 0 Å². The van der Waals surface area contributed by atoms with E-state index in [1.54, 1.807) is 6.92 Å². The van der Waals surface area contributed by atoms with Crippen LogP contribution in [0.4, 0.5) is 0 Å². The lowest BCUT2D eigenvalue weighted by Gasteiger charge is -2.15. The van der Waals surface area contributed by atoms with Crippen LogP contribution in [-0.4, -0.2) is 33.4 Å². The molecule has 0 radical (unpaired) electrons. The maximum atomic E-state index is 12.3. The predicted octanol–water partition coefficient (Wildman–Crippen LogP) is 1.88. The minimum absolute atomic E-state index is 0.127. The lowest BCUT2D eigenvalue weighted by molar-refractivity contribution is -0.124. The summed E-state index contributed by atoms with van der Waals surface area (Å²) >= 11 is 0. The quantitative estimate of drug-likeness (QED) is 0.875. The van der Waals surface area contributed by atoms with Gasteiger partial charge in [-0.05, 0) is 32.9 Å². The standard InChI is InChI=1S/C17H22N4O3/c1-4-23-15-6-13-5-11(2)24-16(13)7-14(15)8-19-17(22)12(3)21-10-18-9-20-21/h6-7,9-12H,4-5,8H2,1-3H3,(H,19,22)/t11-,12+/m1/s1. The van der Waals surface area contributed by atoms with Crippen LogP contribution >= 0.6 is 0 Å². The highest BCUT2D eigenvalue weighted by Crippen LogP contribution is 2.35. The van der Waals surface area contributed by atoms with Gasteiger partial charge in [0.2, 0.25) is 5.91 Å². The number of hydrogen-bond donors (Lipinski definition) is 1. The number of fused-ring (bicyclic) bond motifs is 1. The Morgan fingerprint density at radius 1 is 1.54 bits per heavy atom. The van der Waals surface area contributed by atoms with Crippen LogP contribution < -0.4 is 14.8 Å². The second-order valence-corrected chi connectivity index (χ2v) is 5.90. The third-order valence-corrected chi connectivity index (χ3v) is 4.04. The van der Waals surface area contributed by atoms with Crippen LogP contribution in [0.3, 0.4) is 0 Å². The third kappa shape index (κ3) is 3.34. The summed E-state index contributed by atoms with van der Waals surface area (Å²) in [5, 5.41) is 6.92. The minimum Gasteiger partial charge on any atom is -0.494 e. The Labute approximate surface area is 141 Å². The molecule has 1 aliphatic heterocycles. The Morgan fingerprint density at radius 2 is 2.38 bits per heavy atom. The summed E-state index contributed by atoms with van der Waals surface area (Å²) in [5.41, 5.74) is 2.06. The number of rotatable bonds is 6. The average molecular weight is 330 g/mol. The van der Waals surface area contributed by atoms with Gasteiger partial charge in [0, 0.05) is 24.1 Å². The Kier molecular flexibility index (Phi) is 4.69. The van der Waals surface area contributed by atoms with E-state index in [0.29, 0.717) is 13.2 Å². The van der Waals surface area contributed by atoms with E-state index in [1.807, 2.05) is 26.0 Å². The van der Waals surface area contributed by atoms with Crippen molar-refractivity contribution in [2.24, 2.45) is 0 Å². The van der Waals surface area contributed by atoms with Crippen LogP contribution in [0.2, 0.25) is 0 Å². The maximum absolute atomic E-state index is 12.3. The lowest BCUT2D eigenvalue weighted by Crippen LogP contribution is -2.31. The molecule has 1 aromatic heterocycles. The molecule has 128 valence electrons. The fourth-order valence-electron chi connectivity index (χ4n) is 2.78. The molecular formula is C17H22N4O3. The van der Waals surface area contributed by atoms with Crippen molar-refractivity contribution < 1.29 is 14.3 Å². The molecule has 24 heavy (non-hydrogen) atoms. The molecule has 0 fully saturated rings. The lowest BCUT2D eigenvalue weighted by atomic mass is 10.1. The maximum Gasteiger partial charge on any atom is 0.244 e. The minimum atomic E-state index is -0.422. The molecule has 0 aliphatic carbocycles. The molecule has 2 heterocycles. The largest absolute Gasteiger partial charge is 0.494 e. The van der Waals surface area contributed by atoms with E-state index in [-0.39, 0.29) is 12.0 Å². The summed E-state index contributed by atoms with van der Waals surface area (Å²) in [4.78, 5) is 16.2. The summed E-state index contributed by atoms with van der Waals surface area (Å²) < 4.78 is 13.1. The molecule has 7 heteroatoms. The van der Waals surface area contributed by atoms with Crippen LogP contribution in [-0.2, 0) is 17.8 Å². The van der Waals surface area contributed by atoms with E-state index in [2.05, 4.69) is 15.4 Å². The van der Waals surface area contributed by atoms with Crippen molar-refractivity contribution >= 4 is 5.91 Å². The van der Waals surface area contributed by atoms with Gasteiger partial charge in [-0.25, -0.2) is 9.67 Å². The topological polar surface area (TPSA) is 78.3 Å². The smallest absolute Gasteiger partial charge is 0.244 e. The molecule has 2 aromatic rings. The van der Waals surface area contributed by atoms with Crippen LogP contribution in [0.5, 0.6) is 11.5 Å². The molecule has 3 rings (SSSR count). The van der Waals surface area contributed by atoms with Crippen LogP contribution in [0.15, 0.2) is 24.8 Å². The molecule has 1 amide bonds. The van der Waals surface area contributed by atoms with E-state index < -0.39 is 6.04 Å². The first-order valence-electron chi connectivity index (χ1n) is 8.15. The predicted molar refractivity (Wildman–Crippen MR) is 88.0 cm³/mol. The van der Waals surface area contributed by atoms with Gasteiger partial charge in [-0.1, -0.05) is 0 Å². The highest BCUT2D eigenvalue weighted by atomic mass is 16.5. The first kappa shape index (κ1) is 16.3. The first-order chi connectivity index (χ1) is 11.6. The zero-order valence-electron chi connectivity index (χ0n) is 14.2. The van der Waals surface area contributed by atoms with Crippen molar-refractivity contribution in [3.8, 4) is 11.5 Å². The first-order valence-corrected chi connectivity index (χ1v) is 8.15. The zero-order valence-corrected chi connectivity index (χ0v) is 14.2. The van der Waals surface area contributed by atoms with E-state index in [9.17, 15) is 4.79 Å². The Balaban J connectivity index is 1.72.